The van der Waals surface area contributed by atoms with Crippen LogP contribution in [-0.4, -0.2) is 62.2 Å². The van der Waals surface area contributed by atoms with Gasteiger partial charge in [-0.1, -0.05) is 46.2 Å². The topological polar surface area (TPSA) is 30.9 Å². The Labute approximate surface area is 154 Å². The molecule has 0 atom stereocenters. The van der Waals surface area contributed by atoms with Crippen LogP contribution in [0.5, 0.6) is 0 Å². The molecule has 0 rings (SSSR count). The van der Waals surface area contributed by atoms with Gasteiger partial charge >= 0.3 is 8.56 Å². The van der Waals surface area contributed by atoms with E-state index in [1.807, 2.05) is 0 Å². The monoisotopic (exact) mass is 393 g/mol. The van der Waals surface area contributed by atoms with Crippen molar-refractivity contribution in [2.75, 3.05) is 33.0 Å². The summed E-state index contributed by atoms with van der Waals surface area (Å²) in [5.41, 5.74) is 0. The molecule has 0 fully saturated rings. The summed E-state index contributed by atoms with van der Waals surface area (Å²) < 4.78 is 20.8. The third-order valence-electron chi connectivity index (χ3n) is 4.28. The van der Waals surface area contributed by atoms with Crippen molar-refractivity contribution in [1.82, 2.24) is 4.23 Å². The highest BCUT2D eigenvalue weighted by molar-refractivity contribution is 6.89. The van der Waals surface area contributed by atoms with E-state index in [9.17, 15) is 0 Å². The quantitative estimate of drug-likeness (QED) is 0.310. The van der Waals surface area contributed by atoms with Gasteiger partial charge in [-0.25, -0.2) is 0 Å². The molecule has 0 aromatic rings. The lowest BCUT2D eigenvalue weighted by Crippen LogP contribution is -2.59. The highest BCUT2D eigenvalue weighted by Crippen LogP contribution is 2.21. The van der Waals surface area contributed by atoms with Crippen molar-refractivity contribution in [1.29, 1.82) is 0 Å². The van der Waals surface area contributed by atoms with Gasteiger partial charge in [-0.3, -0.25) is 0 Å². The molecule has 4 nitrogen and oxygen atoms in total. The lowest BCUT2D eigenvalue weighted by atomic mass is 10.5. The lowest BCUT2D eigenvalue weighted by molar-refractivity contribution is 0.125. The number of rotatable bonds is 14. The standard InChI is InChI=1S/C17H43NO3Si3/c1-10-20-24(12-3,21-11-2)17-13-15-19-16-14-18(22(4,5)6)23(7,8)9/h10-17H2,1-9H3. The third-order valence-corrected chi connectivity index (χ3v) is 15.8. The highest BCUT2D eigenvalue weighted by Gasteiger charge is 2.35. The molecule has 0 aromatic carbocycles. The molecule has 146 valence electrons. The van der Waals surface area contributed by atoms with Crippen molar-refractivity contribution in [3.05, 3.63) is 0 Å². The molecule has 0 radical (unpaired) electrons. The van der Waals surface area contributed by atoms with Crippen LogP contribution in [0.15, 0.2) is 0 Å². The molecule has 0 aliphatic rings. The fourth-order valence-corrected chi connectivity index (χ4v) is 15.9. The lowest BCUT2D eigenvalue weighted by Gasteiger charge is -2.43. The van der Waals surface area contributed by atoms with Gasteiger partial charge in [0.25, 0.3) is 0 Å². The predicted molar refractivity (Wildman–Crippen MR) is 113 cm³/mol. The summed E-state index contributed by atoms with van der Waals surface area (Å²) >= 11 is 0. The molecule has 0 aliphatic heterocycles. The molecule has 0 bridgehead atoms. The molecule has 0 spiro atoms. The summed E-state index contributed by atoms with van der Waals surface area (Å²) in [5, 5.41) is 0. The van der Waals surface area contributed by atoms with Crippen LogP contribution < -0.4 is 0 Å². The van der Waals surface area contributed by atoms with Crippen LogP contribution in [0, 0.1) is 0 Å². The minimum absolute atomic E-state index is 0.752. The Morgan fingerprint density at radius 2 is 1.25 bits per heavy atom. The normalized spacial score (nSPS) is 13.8. The first-order valence-corrected chi connectivity index (χ1v) is 18.8. The van der Waals surface area contributed by atoms with Crippen LogP contribution in [0.25, 0.3) is 0 Å². The minimum atomic E-state index is -1.99. The van der Waals surface area contributed by atoms with E-state index in [0.717, 1.165) is 51.5 Å². The van der Waals surface area contributed by atoms with E-state index in [-0.39, 0.29) is 0 Å². The Hall–Kier alpha value is 0.491. The second kappa shape index (κ2) is 11.3. The Kier molecular flexibility index (Phi) is 11.5. The van der Waals surface area contributed by atoms with E-state index in [4.69, 9.17) is 13.6 Å². The third kappa shape index (κ3) is 9.26. The molecule has 0 saturated carbocycles. The molecular formula is C17H43NO3Si3. The van der Waals surface area contributed by atoms with Crippen molar-refractivity contribution in [3.8, 4) is 0 Å². The van der Waals surface area contributed by atoms with Gasteiger partial charge in [-0.05, 0) is 32.4 Å². The zero-order valence-corrected chi connectivity index (χ0v) is 20.8. The van der Waals surface area contributed by atoms with E-state index >= 15 is 0 Å². The van der Waals surface area contributed by atoms with Crippen LogP contribution in [0.2, 0.25) is 51.4 Å². The summed E-state index contributed by atoms with van der Waals surface area (Å²) in [5.74, 6) is 0. The Bertz CT molecular complexity index is 310. The molecular weight excluding hydrogens is 350 g/mol. The molecule has 0 aliphatic carbocycles. The van der Waals surface area contributed by atoms with Gasteiger partial charge < -0.3 is 17.8 Å². The number of ether oxygens (including phenoxy) is 1. The zero-order chi connectivity index (χ0) is 18.9. The van der Waals surface area contributed by atoms with Crippen LogP contribution in [0.4, 0.5) is 0 Å². The van der Waals surface area contributed by atoms with Gasteiger partial charge in [0, 0.05) is 26.4 Å². The molecule has 0 heterocycles. The van der Waals surface area contributed by atoms with Crippen molar-refractivity contribution in [3.63, 3.8) is 0 Å². The fraction of sp³-hybridized carbons (Fsp3) is 1.00. The van der Waals surface area contributed by atoms with Crippen LogP contribution >= 0.6 is 0 Å². The maximum atomic E-state index is 6.02. The molecule has 24 heavy (non-hydrogen) atoms. The Morgan fingerprint density at radius 3 is 1.62 bits per heavy atom. The van der Waals surface area contributed by atoms with Crippen molar-refractivity contribution in [2.45, 2.75) is 78.6 Å². The van der Waals surface area contributed by atoms with E-state index < -0.39 is 25.0 Å². The van der Waals surface area contributed by atoms with Crippen LogP contribution in [-0.2, 0) is 13.6 Å². The summed E-state index contributed by atoms with van der Waals surface area (Å²) in [6.45, 7) is 25.2. The molecule has 0 aromatic heterocycles. The SMILES string of the molecule is CCO[Si](CC)(CCCOCCN([Si](C)(C)C)[Si](C)(C)C)OCC. The first-order chi connectivity index (χ1) is 11.0. The second-order valence-corrected chi connectivity index (χ2v) is 22.2. The van der Waals surface area contributed by atoms with E-state index in [1.54, 1.807) is 0 Å². The molecule has 0 amide bonds. The van der Waals surface area contributed by atoms with Gasteiger partial charge in [-0.15, -0.1) is 0 Å². The van der Waals surface area contributed by atoms with Gasteiger partial charge in [0.2, 0.25) is 0 Å². The largest absolute Gasteiger partial charge is 0.394 e. The second-order valence-electron chi connectivity index (χ2n) is 8.34. The average Bonchev–Trinajstić information content (AvgIpc) is 2.43. The maximum Gasteiger partial charge on any atom is 0.337 e. The first-order valence-electron chi connectivity index (χ1n) is 9.65. The zero-order valence-electron chi connectivity index (χ0n) is 17.8. The smallest absolute Gasteiger partial charge is 0.337 e. The molecule has 0 unspecified atom stereocenters. The van der Waals surface area contributed by atoms with Crippen LogP contribution in [0.1, 0.15) is 27.2 Å². The van der Waals surface area contributed by atoms with Gasteiger partial charge in [0.05, 0.1) is 6.61 Å². The van der Waals surface area contributed by atoms with Crippen molar-refractivity contribution < 1.29 is 13.6 Å². The van der Waals surface area contributed by atoms with Gasteiger partial charge in [0.15, 0.2) is 0 Å². The molecule has 0 saturated heterocycles. The van der Waals surface area contributed by atoms with E-state index in [2.05, 4.69) is 64.3 Å². The summed E-state index contributed by atoms with van der Waals surface area (Å²) in [7, 11) is -4.52. The van der Waals surface area contributed by atoms with Crippen molar-refractivity contribution >= 4 is 25.0 Å². The fourth-order valence-electron chi connectivity index (χ4n) is 3.47. The number of nitrogens with zero attached hydrogens (tertiary/aromatic N) is 1. The number of hydrogen-bond acceptors (Lipinski definition) is 4. The molecule has 0 N–H and O–H groups in total. The summed E-state index contributed by atoms with van der Waals surface area (Å²) in [4.78, 5) is 0. The summed E-state index contributed by atoms with van der Waals surface area (Å²) in [6, 6.07) is 2.06. The highest BCUT2D eigenvalue weighted by atomic mass is 28.4. The Balaban J connectivity index is 4.24. The van der Waals surface area contributed by atoms with E-state index in [0.29, 0.717) is 0 Å². The first kappa shape index (κ1) is 24.5. The van der Waals surface area contributed by atoms with Crippen LogP contribution in [0.3, 0.4) is 0 Å². The average molecular weight is 394 g/mol. The Morgan fingerprint density at radius 1 is 0.750 bits per heavy atom. The van der Waals surface area contributed by atoms with E-state index in [1.165, 1.54) is 0 Å². The maximum absolute atomic E-state index is 6.02. The van der Waals surface area contributed by atoms with Gasteiger partial charge in [0.1, 0.15) is 16.5 Å². The number of hydrogen-bond donors (Lipinski definition) is 0. The molecule has 7 heteroatoms. The minimum Gasteiger partial charge on any atom is -0.394 e. The predicted octanol–water partition coefficient (Wildman–Crippen LogP) is 4.90. The van der Waals surface area contributed by atoms with Gasteiger partial charge in [-0.2, -0.15) is 0 Å². The summed E-state index contributed by atoms with van der Waals surface area (Å²) in [6.07, 6.45) is 1.04. The van der Waals surface area contributed by atoms with Crippen molar-refractivity contribution in [2.24, 2.45) is 0 Å².